The molecule has 0 spiro atoms. The Morgan fingerprint density at radius 3 is 2.33 bits per heavy atom. The van der Waals surface area contributed by atoms with Crippen molar-refractivity contribution >= 4 is 11.9 Å². The minimum atomic E-state index is -4.87. The fourth-order valence-electron chi connectivity index (χ4n) is 1.50. The topological polar surface area (TPSA) is 88.5 Å². The number of carbonyl (C=O) groups excluding carboxylic acids is 1. The minimum Gasteiger partial charge on any atom is -0.480 e. The predicted molar refractivity (Wildman–Crippen MR) is 65.3 cm³/mol. The van der Waals surface area contributed by atoms with Crippen LogP contribution in [0.15, 0.2) is 18.3 Å². The minimum absolute atomic E-state index is 0.629. The van der Waals surface area contributed by atoms with Crippen molar-refractivity contribution in [1.82, 2.24) is 10.3 Å². The van der Waals surface area contributed by atoms with Crippen molar-refractivity contribution in [2.45, 2.75) is 24.8 Å². The van der Waals surface area contributed by atoms with Gasteiger partial charge in [0.2, 0.25) is 5.88 Å². The molecule has 0 saturated heterocycles. The number of aromatic nitrogens is 1. The van der Waals surface area contributed by atoms with Gasteiger partial charge >= 0.3 is 18.3 Å². The molecule has 1 heterocycles. The van der Waals surface area contributed by atoms with Gasteiger partial charge in [-0.25, -0.2) is 9.78 Å². The summed E-state index contributed by atoms with van der Waals surface area (Å²) in [5, 5.41) is 10.3. The van der Waals surface area contributed by atoms with Crippen LogP contribution in [0.25, 0.3) is 0 Å². The fraction of sp³-hybridized carbons (Fsp3) is 0.417. The number of nitrogens with zero attached hydrogens (tertiary/aromatic N) is 1. The van der Waals surface area contributed by atoms with Crippen molar-refractivity contribution in [3.05, 3.63) is 23.9 Å². The van der Waals surface area contributed by atoms with Crippen LogP contribution in [0.2, 0.25) is 0 Å². The zero-order valence-electron chi connectivity index (χ0n) is 11.6. The smallest absolute Gasteiger partial charge is 0.422 e. The summed E-state index contributed by atoms with van der Waals surface area (Å²) >= 11 is 0. The summed E-state index contributed by atoms with van der Waals surface area (Å²) in [6.45, 7) is -1.78. The van der Waals surface area contributed by atoms with Gasteiger partial charge in [-0.3, -0.25) is 4.79 Å². The molecule has 1 amide bonds. The van der Waals surface area contributed by atoms with Crippen LogP contribution in [-0.2, 0) is 4.79 Å². The highest BCUT2D eigenvalue weighted by Crippen LogP contribution is 2.23. The van der Waals surface area contributed by atoms with Crippen LogP contribution in [0.1, 0.15) is 16.8 Å². The van der Waals surface area contributed by atoms with Crippen LogP contribution < -0.4 is 10.1 Å². The molecular formula is C12H10F6N2O4. The molecule has 0 aliphatic heterocycles. The van der Waals surface area contributed by atoms with E-state index in [2.05, 4.69) is 9.72 Å². The van der Waals surface area contributed by atoms with Crippen LogP contribution in [-0.4, -0.2) is 47.0 Å². The number of aliphatic carboxylic acids is 1. The second-order valence-corrected chi connectivity index (χ2v) is 4.44. The van der Waals surface area contributed by atoms with Gasteiger partial charge in [-0.05, 0) is 12.1 Å². The molecule has 0 bridgehead atoms. The summed E-state index contributed by atoms with van der Waals surface area (Å²) in [6.07, 6.45) is -10.5. The van der Waals surface area contributed by atoms with Gasteiger partial charge in [-0.2, -0.15) is 26.3 Å². The van der Waals surface area contributed by atoms with Gasteiger partial charge in [0.25, 0.3) is 5.91 Å². The lowest BCUT2D eigenvalue weighted by Crippen LogP contribution is -2.43. The van der Waals surface area contributed by atoms with Crippen LogP contribution in [0, 0.1) is 0 Å². The summed E-state index contributed by atoms with van der Waals surface area (Å²) in [5.74, 6) is -4.11. The van der Waals surface area contributed by atoms with Crippen LogP contribution in [0.4, 0.5) is 26.3 Å². The van der Waals surface area contributed by atoms with E-state index in [0.717, 1.165) is 18.3 Å². The molecule has 0 aliphatic carbocycles. The van der Waals surface area contributed by atoms with Gasteiger partial charge in [-0.15, -0.1) is 0 Å². The fourth-order valence-corrected chi connectivity index (χ4v) is 1.50. The lowest BCUT2D eigenvalue weighted by molar-refractivity contribution is -0.157. The van der Waals surface area contributed by atoms with Crippen molar-refractivity contribution in [3.8, 4) is 5.88 Å². The van der Waals surface area contributed by atoms with E-state index in [1.165, 1.54) is 0 Å². The molecule has 0 aromatic carbocycles. The van der Waals surface area contributed by atoms with E-state index >= 15 is 0 Å². The van der Waals surface area contributed by atoms with Crippen LogP contribution in [0.5, 0.6) is 5.88 Å². The lowest BCUT2D eigenvalue weighted by atomic mass is 10.1. The second kappa shape index (κ2) is 7.36. The summed E-state index contributed by atoms with van der Waals surface area (Å²) in [7, 11) is 0. The molecule has 0 aliphatic rings. The molecular weight excluding hydrogens is 350 g/mol. The predicted octanol–water partition coefficient (Wildman–Crippen LogP) is 2.16. The van der Waals surface area contributed by atoms with Gasteiger partial charge in [0.1, 0.15) is 11.6 Å². The molecule has 0 saturated carbocycles. The van der Waals surface area contributed by atoms with E-state index in [1.807, 2.05) is 0 Å². The van der Waals surface area contributed by atoms with Gasteiger partial charge < -0.3 is 15.2 Å². The number of carboxylic acid groups (broad SMARTS) is 1. The number of ether oxygens (including phenoxy) is 1. The van der Waals surface area contributed by atoms with E-state index < -0.39 is 54.7 Å². The molecule has 2 N–H and O–H groups in total. The number of carbonyl (C=O) groups is 2. The SMILES string of the molecule is O=C(NC(CC(F)(F)F)C(=O)O)c1cccnc1OCC(F)(F)F. The Morgan fingerprint density at radius 1 is 1.21 bits per heavy atom. The zero-order valence-corrected chi connectivity index (χ0v) is 11.6. The molecule has 134 valence electrons. The maximum atomic E-state index is 12.3. The van der Waals surface area contributed by atoms with Crippen molar-refractivity contribution < 1.29 is 45.8 Å². The Labute approximate surface area is 130 Å². The molecule has 0 fully saturated rings. The average molecular weight is 360 g/mol. The van der Waals surface area contributed by atoms with Gasteiger partial charge in [-0.1, -0.05) is 0 Å². The molecule has 0 radical (unpaired) electrons. The van der Waals surface area contributed by atoms with E-state index in [1.54, 1.807) is 5.32 Å². The van der Waals surface area contributed by atoms with E-state index in [0.29, 0.717) is 0 Å². The Kier molecular flexibility index (Phi) is 5.99. The van der Waals surface area contributed by atoms with Crippen molar-refractivity contribution in [1.29, 1.82) is 0 Å². The van der Waals surface area contributed by atoms with Crippen LogP contribution >= 0.6 is 0 Å². The number of amides is 1. The first kappa shape index (κ1) is 19.5. The maximum Gasteiger partial charge on any atom is 0.422 e. The summed E-state index contributed by atoms with van der Waals surface area (Å²) in [4.78, 5) is 26.0. The molecule has 1 unspecified atom stereocenters. The molecule has 1 aromatic rings. The van der Waals surface area contributed by atoms with E-state index in [9.17, 15) is 35.9 Å². The quantitative estimate of drug-likeness (QED) is 0.759. The number of halogens is 6. The standard InChI is InChI=1S/C12H10F6N2O4/c13-11(14,15)4-7(10(22)23)20-8(21)6-2-1-3-19-9(6)24-5-12(16,17)18/h1-3,7H,4-5H2,(H,20,21)(H,22,23). The van der Waals surface area contributed by atoms with Crippen molar-refractivity contribution in [2.75, 3.05) is 6.61 Å². The lowest BCUT2D eigenvalue weighted by Gasteiger charge is -2.17. The normalized spacial score (nSPS) is 13.2. The third-order valence-corrected chi connectivity index (χ3v) is 2.43. The number of pyridine rings is 1. The summed E-state index contributed by atoms with van der Waals surface area (Å²) in [5.41, 5.74) is -0.629. The molecule has 1 atom stereocenters. The average Bonchev–Trinajstić information content (AvgIpc) is 2.42. The third kappa shape index (κ3) is 6.71. The molecule has 1 rings (SSSR count). The van der Waals surface area contributed by atoms with Gasteiger partial charge in [0.15, 0.2) is 6.61 Å². The Bertz CT molecular complexity index is 602. The number of alkyl halides is 6. The molecule has 12 heteroatoms. The summed E-state index contributed by atoms with van der Waals surface area (Å²) in [6, 6.07) is -0.261. The number of rotatable bonds is 6. The van der Waals surface area contributed by atoms with Gasteiger partial charge in [0.05, 0.1) is 6.42 Å². The zero-order chi connectivity index (χ0) is 18.5. The van der Waals surface area contributed by atoms with Crippen molar-refractivity contribution in [2.24, 2.45) is 0 Å². The molecule has 6 nitrogen and oxygen atoms in total. The highest BCUT2D eigenvalue weighted by atomic mass is 19.4. The molecule has 1 aromatic heterocycles. The first-order chi connectivity index (χ1) is 10.9. The van der Waals surface area contributed by atoms with E-state index in [4.69, 9.17) is 5.11 Å². The van der Waals surface area contributed by atoms with Crippen LogP contribution in [0.3, 0.4) is 0 Å². The molecule has 24 heavy (non-hydrogen) atoms. The Morgan fingerprint density at radius 2 is 1.83 bits per heavy atom. The Hall–Kier alpha value is -2.53. The maximum absolute atomic E-state index is 12.3. The highest BCUT2D eigenvalue weighted by Gasteiger charge is 2.37. The Balaban J connectivity index is 2.92. The highest BCUT2D eigenvalue weighted by molar-refractivity contribution is 5.98. The first-order valence-corrected chi connectivity index (χ1v) is 6.14. The number of hydrogen-bond donors (Lipinski definition) is 2. The van der Waals surface area contributed by atoms with E-state index in [-0.39, 0.29) is 0 Å². The largest absolute Gasteiger partial charge is 0.480 e. The van der Waals surface area contributed by atoms with Gasteiger partial charge in [0, 0.05) is 6.20 Å². The second-order valence-electron chi connectivity index (χ2n) is 4.44. The first-order valence-electron chi connectivity index (χ1n) is 6.14. The monoisotopic (exact) mass is 360 g/mol. The number of carboxylic acids is 1. The summed E-state index contributed by atoms with van der Waals surface area (Å²) < 4.78 is 77.5. The number of nitrogens with one attached hydrogen (secondary N) is 1. The number of hydrogen-bond acceptors (Lipinski definition) is 4. The third-order valence-electron chi connectivity index (χ3n) is 2.43. The van der Waals surface area contributed by atoms with Crippen molar-refractivity contribution in [3.63, 3.8) is 0 Å².